The maximum atomic E-state index is 4.90. The summed E-state index contributed by atoms with van der Waals surface area (Å²) in [7, 11) is 3.52. The highest BCUT2D eigenvalue weighted by Gasteiger charge is 2.01. The van der Waals surface area contributed by atoms with E-state index in [0.29, 0.717) is 6.01 Å². The van der Waals surface area contributed by atoms with Crippen molar-refractivity contribution in [2.75, 3.05) is 7.11 Å². The van der Waals surface area contributed by atoms with Crippen molar-refractivity contribution in [1.29, 1.82) is 0 Å². The van der Waals surface area contributed by atoms with Crippen LogP contribution in [0.1, 0.15) is 0 Å². The van der Waals surface area contributed by atoms with Gasteiger partial charge in [-0.25, -0.2) is 4.98 Å². The highest BCUT2D eigenvalue weighted by atomic mass is 16.5. The minimum Gasteiger partial charge on any atom is -0.467 e. The number of aryl methyl sites for hydroxylation is 1. The summed E-state index contributed by atoms with van der Waals surface area (Å²) >= 11 is 0. The summed E-state index contributed by atoms with van der Waals surface area (Å²) < 4.78 is 6.87. The van der Waals surface area contributed by atoms with E-state index in [0.717, 1.165) is 11.0 Å². The first-order chi connectivity index (χ1) is 5.81. The largest absolute Gasteiger partial charge is 0.467 e. The summed E-state index contributed by atoms with van der Waals surface area (Å²) in [6.07, 6.45) is 3.69. The van der Waals surface area contributed by atoms with Crippen molar-refractivity contribution >= 4 is 11.0 Å². The van der Waals surface area contributed by atoms with E-state index in [2.05, 4.69) is 9.97 Å². The van der Waals surface area contributed by atoms with Gasteiger partial charge in [-0.3, -0.25) is 0 Å². The summed E-state index contributed by atoms with van der Waals surface area (Å²) in [5.74, 6) is 0. The van der Waals surface area contributed by atoms with Crippen LogP contribution in [0.3, 0.4) is 0 Å². The Hall–Kier alpha value is -1.58. The molecule has 4 heteroatoms. The summed E-state index contributed by atoms with van der Waals surface area (Å²) in [5, 5.41) is 0. The number of methoxy groups -OCH3 is 1. The lowest BCUT2D eigenvalue weighted by molar-refractivity contribution is 0.381. The number of hydrogen-bond donors (Lipinski definition) is 0. The molecule has 0 saturated carbocycles. The van der Waals surface area contributed by atoms with E-state index in [1.54, 1.807) is 13.3 Å². The third-order valence-corrected chi connectivity index (χ3v) is 1.79. The number of hydrogen-bond acceptors (Lipinski definition) is 3. The van der Waals surface area contributed by atoms with E-state index in [1.807, 2.05) is 23.9 Å². The Kier molecular flexibility index (Phi) is 1.46. The van der Waals surface area contributed by atoms with Gasteiger partial charge in [0.05, 0.1) is 24.3 Å². The van der Waals surface area contributed by atoms with Gasteiger partial charge in [0, 0.05) is 13.2 Å². The smallest absolute Gasteiger partial charge is 0.316 e. The standard InChI is InChI=1S/C8H9N3O/c1-11-4-3-6-7(11)5-9-8(10-6)12-2/h3-5H,1-2H3. The van der Waals surface area contributed by atoms with Gasteiger partial charge in [-0.15, -0.1) is 0 Å². The lowest BCUT2D eigenvalue weighted by atomic mass is 10.5. The summed E-state index contributed by atoms with van der Waals surface area (Å²) in [4.78, 5) is 8.16. The molecule has 0 aromatic carbocycles. The third kappa shape index (κ3) is 0.922. The highest BCUT2D eigenvalue weighted by Crippen LogP contribution is 2.13. The predicted octanol–water partition coefficient (Wildman–Crippen LogP) is 0.977. The molecule has 0 unspecified atom stereocenters. The molecule has 12 heavy (non-hydrogen) atoms. The van der Waals surface area contributed by atoms with Crippen LogP contribution >= 0.6 is 0 Å². The molecule has 0 saturated heterocycles. The average molecular weight is 163 g/mol. The van der Waals surface area contributed by atoms with Gasteiger partial charge in [0.25, 0.3) is 0 Å². The van der Waals surface area contributed by atoms with E-state index in [9.17, 15) is 0 Å². The average Bonchev–Trinajstić information content (AvgIpc) is 2.47. The second-order valence-electron chi connectivity index (χ2n) is 2.55. The van der Waals surface area contributed by atoms with Crippen LogP contribution in [-0.2, 0) is 7.05 Å². The molecule has 0 aliphatic carbocycles. The van der Waals surface area contributed by atoms with Crippen molar-refractivity contribution in [1.82, 2.24) is 14.5 Å². The van der Waals surface area contributed by atoms with E-state index in [-0.39, 0.29) is 0 Å². The zero-order chi connectivity index (χ0) is 8.55. The van der Waals surface area contributed by atoms with E-state index >= 15 is 0 Å². The summed E-state index contributed by atoms with van der Waals surface area (Å²) in [6, 6.07) is 2.34. The molecule has 2 aromatic heterocycles. The van der Waals surface area contributed by atoms with Crippen LogP contribution in [0.2, 0.25) is 0 Å². The van der Waals surface area contributed by atoms with Gasteiger partial charge in [-0.05, 0) is 6.07 Å². The molecule has 0 aliphatic rings. The fourth-order valence-electron chi connectivity index (χ4n) is 1.13. The highest BCUT2D eigenvalue weighted by molar-refractivity contribution is 5.74. The minimum absolute atomic E-state index is 0.411. The fourth-order valence-corrected chi connectivity index (χ4v) is 1.13. The molecule has 0 fully saturated rings. The Morgan fingerprint density at radius 3 is 3.08 bits per heavy atom. The van der Waals surface area contributed by atoms with Crippen LogP contribution in [0.15, 0.2) is 18.5 Å². The van der Waals surface area contributed by atoms with Crippen molar-refractivity contribution in [3.05, 3.63) is 18.5 Å². The monoisotopic (exact) mass is 163 g/mol. The molecular formula is C8H9N3O. The van der Waals surface area contributed by atoms with Crippen LogP contribution in [0.5, 0.6) is 6.01 Å². The molecule has 0 amide bonds. The topological polar surface area (TPSA) is 39.9 Å². The molecule has 2 aromatic rings. The normalized spacial score (nSPS) is 10.5. The lowest BCUT2D eigenvalue weighted by Gasteiger charge is -1.97. The zero-order valence-corrected chi connectivity index (χ0v) is 6.98. The van der Waals surface area contributed by atoms with Gasteiger partial charge in [-0.2, -0.15) is 4.98 Å². The minimum atomic E-state index is 0.411. The third-order valence-electron chi connectivity index (χ3n) is 1.79. The molecule has 0 atom stereocenters. The van der Waals surface area contributed by atoms with Crippen molar-refractivity contribution < 1.29 is 4.74 Å². The van der Waals surface area contributed by atoms with Gasteiger partial charge in [-0.1, -0.05) is 0 Å². The molecule has 0 aliphatic heterocycles. The van der Waals surface area contributed by atoms with E-state index in [4.69, 9.17) is 4.74 Å². The Bertz CT molecular complexity index is 408. The Labute approximate surface area is 69.8 Å². The maximum absolute atomic E-state index is 4.90. The van der Waals surface area contributed by atoms with Crippen LogP contribution < -0.4 is 4.74 Å². The molecule has 4 nitrogen and oxygen atoms in total. The van der Waals surface area contributed by atoms with Crippen molar-refractivity contribution in [2.45, 2.75) is 0 Å². The molecule has 0 spiro atoms. The Morgan fingerprint density at radius 1 is 1.50 bits per heavy atom. The van der Waals surface area contributed by atoms with Crippen LogP contribution in [0.25, 0.3) is 11.0 Å². The van der Waals surface area contributed by atoms with Crippen LogP contribution in [0, 0.1) is 0 Å². The zero-order valence-electron chi connectivity index (χ0n) is 6.98. The maximum Gasteiger partial charge on any atom is 0.316 e. The Balaban J connectivity index is 2.69. The fraction of sp³-hybridized carbons (Fsp3) is 0.250. The van der Waals surface area contributed by atoms with Crippen molar-refractivity contribution in [2.24, 2.45) is 7.05 Å². The summed E-state index contributed by atoms with van der Waals surface area (Å²) in [6.45, 7) is 0. The van der Waals surface area contributed by atoms with Crippen molar-refractivity contribution in [3.63, 3.8) is 0 Å². The van der Waals surface area contributed by atoms with Gasteiger partial charge in [0.1, 0.15) is 0 Å². The van der Waals surface area contributed by atoms with Gasteiger partial charge < -0.3 is 9.30 Å². The second-order valence-corrected chi connectivity index (χ2v) is 2.55. The number of aromatic nitrogens is 3. The first-order valence-corrected chi connectivity index (χ1v) is 3.63. The van der Waals surface area contributed by atoms with Crippen LogP contribution in [-0.4, -0.2) is 21.6 Å². The summed E-state index contributed by atoms with van der Waals surface area (Å²) in [5.41, 5.74) is 1.92. The van der Waals surface area contributed by atoms with Gasteiger partial charge in [0.15, 0.2) is 0 Å². The first kappa shape index (κ1) is 7.09. The Morgan fingerprint density at radius 2 is 2.33 bits per heavy atom. The number of nitrogens with zero attached hydrogens (tertiary/aromatic N) is 3. The second kappa shape index (κ2) is 2.48. The molecule has 62 valence electrons. The lowest BCUT2D eigenvalue weighted by Crippen LogP contribution is -1.92. The molecule has 0 radical (unpaired) electrons. The molecule has 0 N–H and O–H groups in total. The predicted molar refractivity (Wildman–Crippen MR) is 45.1 cm³/mol. The molecule has 2 heterocycles. The molecule has 2 rings (SSSR count). The quantitative estimate of drug-likeness (QED) is 0.629. The molecule has 0 bridgehead atoms. The molecular weight excluding hydrogens is 154 g/mol. The van der Waals surface area contributed by atoms with Crippen LogP contribution in [0.4, 0.5) is 0 Å². The van der Waals surface area contributed by atoms with Gasteiger partial charge in [0.2, 0.25) is 0 Å². The number of ether oxygens (including phenoxy) is 1. The SMILES string of the molecule is COc1ncc2c(ccn2C)n1. The number of rotatable bonds is 1. The van der Waals surface area contributed by atoms with E-state index < -0.39 is 0 Å². The van der Waals surface area contributed by atoms with E-state index in [1.165, 1.54) is 0 Å². The van der Waals surface area contributed by atoms with Crippen molar-refractivity contribution in [3.8, 4) is 6.01 Å². The number of fused-ring (bicyclic) bond motifs is 1. The first-order valence-electron chi connectivity index (χ1n) is 3.63. The van der Waals surface area contributed by atoms with Gasteiger partial charge >= 0.3 is 6.01 Å².